The molecule has 2 saturated heterocycles. The first kappa shape index (κ1) is 10.1. The van der Waals surface area contributed by atoms with Gasteiger partial charge >= 0.3 is 0 Å². The highest BCUT2D eigenvalue weighted by molar-refractivity contribution is 5.83. The molecule has 2 rings (SSSR count). The second-order valence-electron chi connectivity index (χ2n) is 4.34. The van der Waals surface area contributed by atoms with E-state index in [1.54, 1.807) is 0 Å². The molecule has 80 valence electrons. The first-order valence-electron chi connectivity index (χ1n) is 5.70. The van der Waals surface area contributed by atoms with Crippen LogP contribution in [-0.4, -0.2) is 32.1 Å². The van der Waals surface area contributed by atoms with Crippen molar-refractivity contribution in [3.63, 3.8) is 0 Å². The molecule has 2 heterocycles. The number of ether oxygens (including phenoxy) is 1. The van der Waals surface area contributed by atoms with Crippen molar-refractivity contribution in [3.05, 3.63) is 0 Å². The molecule has 1 atom stereocenters. The monoisotopic (exact) mass is 197 g/mol. The van der Waals surface area contributed by atoms with Gasteiger partial charge in [-0.15, -0.1) is 0 Å². The number of ketones is 1. The third kappa shape index (κ3) is 2.34. The Balaban J connectivity index is 1.85. The maximum atomic E-state index is 12.0. The molecule has 0 saturated carbocycles. The van der Waals surface area contributed by atoms with Gasteiger partial charge in [-0.3, -0.25) is 4.79 Å². The summed E-state index contributed by atoms with van der Waals surface area (Å²) in [4.78, 5) is 12.0. The van der Waals surface area contributed by atoms with Crippen molar-refractivity contribution in [1.82, 2.24) is 5.32 Å². The summed E-state index contributed by atoms with van der Waals surface area (Å²) >= 11 is 0. The van der Waals surface area contributed by atoms with Gasteiger partial charge in [0.25, 0.3) is 0 Å². The molecule has 0 unspecified atom stereocenters. The van der Waals surface area contributed by atoms with E-state index < -0.39 is 0 Å². The van der Waals surface area contributed by atoms with Crippen molar-refractivity contribution in [2.45, 2.75) is 25.7 Å². The molecule has 0 aliphatic carbocycles. The zero-order chi connectivity index (χ0) is 9.80. The Hall–Kier alpha value is -0.410. The lowest BCUT2D eigenvalue weighted by atomic mass is 9.84. The van der Waals surface area contributed by atoms with Gasteiger partial charge in [-0.2, -0.15) is 0 Å². The number of rotatable bonds is 2. The number of carbonyl (C=O) groups is 1. The van der Waals surface area contributed by atoms with Gasteiger partial charge in [-0.25, -0.2) is 0 Å². The lowest BCUT2D eigenvalue weighted by Gasteiger charge is -2.27. The predicted molar refractivity (Wildman–Crippen MR) is 54.1 cm³/mol. The van der Waals surface area contributed by atoms with Crippen molar-refractivity contribution in [1.29, 1.82) is 0 Å². The van der Waals surface area contributed by atoms with Crippen LogP contribution in [0.4, 0.5) is 0 Å². The van der Waals surface area contributed by atoms with Crippen LogP contribution in [0.15, 0.2) is 0 Å². The smallest absolute Gasteiger partial charge is 0.141 e. The molecule has 0 aromatic rings. The van der Waals surface area contributed by atoms with E-state index in [-0.39, 0.29) is 5.92 Å². The average molecular weight is 197 g/mol. The molecule has 14 heavy (non-hydrogen) atoms. The van der Waals surface area contributed by atoms with Crippen molar-refractivity contribution in [2.75, 3.05) is 26.3 Å². The molecule has 3 heteroatoms. The fourth-order valence-corrected chi connectivity index (χ4v) is 2.40. The molecule has 0 spiro atoms. The SMILES string of the molecule is O=C(C1CCNCC1)[C@H]1CCCOC1. The number of hydrogen-bond donors (Lipinski definition) is 1. The fraction of sp³-hybridized carbons (Fsp3) is 0.909. The standard InChI is InChI=1S/C11H19NO2/c13-11(9-3-5-12-6-4-9)10-2-1-7-14-8-10/h9-10,12H,1-8H2/t10-/m0/s1. The van der Waals surface area contributed by atoms with Crippen molar-refractivity contribution in [2.24, 2.45) is 11.8 Å². The number of piperidine rings is 1. The van der Waals surface area contributed by atoms with E-state index in [9.17, 15) is 4.79 Å². The van der Waals surface area contributed by atoms with Crippen molar-refractivity contribution < 1.29 is 9.53 Å². The normalized spacial score (nSPS) is 30.1. The second kappa shape index (κ2) is 4.89. The highest BCUT2D eigenvalue weighted by Crippen LogP contribution is 2.23. The lowest BCUT2D eigenvalue weighted by Crippen LogP contribution is -2.37. The summed E-state index contributed by atoms with van der Waals surface area (Å²) in [7, 11) is 0. The van der Waals surface area contributed by atoms with Crippen LogP contribution in [0, 0.1) is 11.8 Å². The number of Topliss-reactive ketones (excluding diaryl/α,β-unsaturated/α-hetero) is 1. The molecule has 2 aliphatic heterocycles. The molecular weight excluding hydrogens is 178 g/mol. The molecule has 0 radical (unpaired) electrons. The van der Waals surface area contributed by atoms with Crippen LogP contribution in [0.5, 0.6) is 0 Å². The average Bonchev–Trinajstić information content (AvgIpc) is 2.30. The Labute approximate surface area is 85.2 Å². The first-order valence-corrected chi connectivity index (χ1v) is 5.70. The van der Waals surface area contributed by atoms with Gasteiger partial charge in [-0.05, 0) is 38.8 Å². The van der Waals surface area contributed by atoms with Crippen LogP contribution >= 0.6 is 0 Å². The van der Waals surface area contributed by atoms with E-state index in [1.807, 2.05) is 0 Å². The van der Waals surface area contributed by atoms with E-state index >= 15 is 0 Å². The summed E-state index contributed by atoms with van der Waals surface area (Å²) < 4.78 is 5.36. The van der Waals surface area contributed by atoms with Gasteiger partial charge in [0.1, 0.15) is 5.78 Å². The Morgan fingerprint density at radius 3 is 2.57 bits per heavy atom. The maximum absolute atomic E-state index is 12.0. The molecule has 0 amide bonds. The van der Waals surface area contributed by atoms with Gasteiger partial charge in [0.2, 0.25) is 0 Å². The van der Waals surface area contributed by atoms with Crippen LogP contribution in [0.25, 0.3) is 0 Å². The Morgan fingerprint density at radius 1 is 1.14 bits per heavy atom. The van der Waals surface area contributed by atoms with Gasteiger partial charge in [0.05, 0.1) is 6.61 Å². The molecule has 2 fully saturated rings. The first-order chi connectivity index (χ1) is 6.88. The Kier molecular flexibility index (Phi) is 3.54. The summed E-state index contributed by atoms with van der Waals surface area (Å²) in [6.07, 6.45) is 4.15. The van der Waals surface area contributed by atoms with E-state index in [1.165, 1.54) is 0 Å². The zero-order valence-electron chi connectivity index (χ0n) is 8.63. The molecule has 1 N–H and O–H groups in total. The van der Waals surface area contributed by atoms with Gasteiger partial charge < -0.3 is 10.1 Å². The molecule has 0 aromatic heterocycles. The lowest BCUT2D eigenvalue weighted by molar-refractivity contribution is -0.131. The van der Waals surface area contributed by atoms with E-state index in [4.69, 9.17) is 4.74 Å². The number of hydrogen-bond acceptors (Lipinski definition) is 3. The van der Waals surface area contributed by atoms with Gasteiger partial charge in [0.15, 0.2) is 0 Å². The summed E-state index contributed by atoms with van der Waals surface area (Å²) in [5.74, 6) is 0.973. The van der Waals surface area contributed by atoms with Crippen LogP contribution < -0.4 is 5.32 Å². The second-order valence-corrected chi connectivity index (χ2v) is 4.34. The van der Waals surface area contributed by atoms with Crippen LogP contribution in [-0.2, 0) is 9.53 Å². The van der Waals surface area contributed by atoms with Gasteiger partial charge in [-0.1, -0.05) is 0 Å². The highest BCUT2D eigenvalue weighted by atomic mass is 16.5. The molecule has 0 aromatic carbocycles. The summed E-state index contributed by atoms with van der Waals surface area (Å²) in [5, 5.41) is 3.29. The number of carbonyl (C=O) groups excluding carboxylic acids is 1. The van der Waals surface area contributed by atoms with Crippen molar-refractivity contribution in [3.8, 4) is 0 Å². The maximum Gasteiger partial charge on any atom is 0.141 e. The van der Waals surface area contributed by atoms with Crippen LogP contribution in [0.2, 0.25) is 0 Å². The van der Waals surface area contributed by atoms with Gasteiger partial charge in [0, 0.05) is 18.4 Å². The largest absolute Gasteiger partial charge is 0.381 e. The summed E-state index contributed by atoms with van der Waals surface area (Å²) in [6, 6.07) is 0. The highest BCUT2D eigenvalue weighted by Gasteiger charge is 2.29. The zero-order valence-corrected chi connectivity index (χ0v) is 8.63. The minimum absolute atomic E-state index is 0.201. The third-order valence-corrected chi connectivity index (χ3v) is 3.30. The Morgan fingerprint density at radius 2 is 1.93 bits per heavy atom. The quantitative estimate of drug-likeness (QED) is 0.717. The molecular formula is C11H19NO2. The summed E-state index contributed by atoms with van der Waals surface area (Å²) in [5.41, 5.74) is 0. The van der Waals surface area contributed by atoms with Crippen LogP contribution in [0.1, 0.15) is 25.7 Å². The van der Waals surface area contributed by atoms with Crippen LogP contribution in [0.3, 0.4) is 0 Å². The molecule has 2 aliphatic rings. The fourth-order valence-electron chi connectivity index (χ4n) is 2.40. The minimum Gasteiger partial charge on any atom is -0.381 e. The Bertz CT molecular complexity index is 173. The van der Waals surface area contributed by atoms with E-state index in [0.29, 0.717) is 18.3 Å². The third-order valence-electron chi connectivity index (χ3n) is 3.30. The number of nitrogens with one attached hydrogen (secondary N) is 1. The molecule has 3 nitrogen and oxygen atoms in total. The van der Waals surface area contributed by atoms with Crippen molar-refractivity contribution >= 4 is 5.78 Å². The topological polar surface area (TPSA) is 38.3 Å². The minimum atomic E-state index is 0.201. The van der Waals surface area contributed by atoms with E-state index in [0.717, 1.165) is 45.4 Å². The van der Waals surface area contributed by atoms with E-state index in [2.05, 4.69) is 5.32 Å². The summed E-state index contributed by atoms with van der Waals surface area (Å²) in [6.45, 7) is 3.52. The molecule has 0 bridgehead atoms. The predicted octanol–water partition coefficient (Wildman–Crippen LogP) is 0.982.